The van der Waals surface area contributed by atoms with Gasteiger partial charge in [-0.1, -0.05) is 0 Å². The smallest absolute Gasteiger partial charge is 1.00 e. The molecule has 16 heavy (non-hydrogen) atoms. The van der Waals surface area contributed by atoms with Gasteiger partial charge in [0.15, 0.2) is 0 Å². The van der Waals surface area contributed by atoms with E-state index < -0.39 is 29.0 Å². The third-order valence-corrected chi connectivity index (χ3v) is 1.73. The van der Waals surface area contributed by atoms with Crippen LogP contribution in [0, 0.1) is 0 Å². The minimum atomic E-state index is -1.48. The molecule has 1 aromatic carbocycles. The van der Waals surface area contributed by atoms with E-state index in [0.717, 1.165) is 18.2 Å². The van der Waals surface area contributed by atoms with E-state index in [1.54, 1.807) is 0 Å². The van der Waals surface area contributed by atoms with Crippen LogP contribution < -0.4 is 29.6 Å². The Labute approximate surface area is 113 Å². The fraction of sp³-hybridized carbons (Fsp3) is 0. The van der Waals surface area contributed by atoms with Crippen molar-refractivity contribution >= 4 is 17.9 Å². The van der Waals surface area contributed by atoms with Gasteiger partial charge in [0.2, 0.25) is 0 Å². The Hall–Kier alpha value is -1.37. The van der Waals surface area contributed by atoms with Crippen molar-refractivity contribution in [2.75, 3.05) is 0 Å². The van der Waals surface area contributed by atoms with Gasteiger partial charge in [0.1, 0.15) is 0 Å². The molecule has 3 N–H and O–H groups in total. The van der Waals surface area contributed by atoms with Crippen LogP contribution in [0.4, 0.5) is 0 Å². The van der Waals surface area contributed by atoms with Crippen molar-refractivity contribution in [1.29, 1.82) is 0 Å². The SMILES string of the molecule is O=C(O)c1ccc(C(=O)O)c(C(=O)O)c1.[H-].[Na+]. The molecular weight excluding hydrogens is 227 g/mol. The van der Waals surface area contributed by atoms with Crippen LogP contribution in [0.5, 0.6) is 0 Å². The second kappa shape index (κ2) is 5.64. The van der Waals surface area contributed by atoms with Crippen LogP contribution >= 0.6 is 0 Å². The second-order valence-electron chi connectivity index (χ2n) is 2.68. The third kappa shape index (κ3) is 3.06. The maximum atomic E-state index is 10.6. The minimum Gasteiger partial charge on any atom is -1.00 e. The van der Waals surface area contributed by atoms with E-state index in [2.05, 4.69) is 0 Å². The summed E-state index contributed by atoms with van der Waals surface area (Å²) in [4.78, 5) is 31.8. The van der Waals surface area contributed by atoms with Gasteiger partial charge in [0.05, 0.1) is 16.7 Å². The fourth-order valence-electron chi connectivity index (χ4n) is 1.04. The Bertz CT molecular complexity index is 459. The Morgan fingerprint density at radius 1 is 0.875 bits per heavy atom. The van der Waals surface area contributed by atoms with Crippen LogP contribution in [0.2, 0.25) is 0 Å². The number of benzene rings is 1. The normalized spacial score (nSPS) is 9.00. The summed E-state index contributed by atoms with van der Waals surface area (Å²) in [6.45, 7) is 0. The molecule has 1 aromatic rings. The van der Waals surface area contributed by atoms with Crippen LogP contribution in [0.15, 0.2) is 18.2 Å². The standard InChI is InChI=1S/C9H6O6.Na.H/c10-7(11)4-1-2-5(8(12)13)6(3-4)9(14)15;;/h1-3H,(H,10,11)(H,12,13)(H,14,15);;/q;+1;-1. The maximum absolute atomic E-state index is 10.6. The maximum Gasteiger partial charge on any atom is 1.00 e. The molecule has 0 saturated carbocycles. The number of hydrogen-bond acceptors (Lipinski definition) is 3. The monoisotopic (exact) mass is 234 g/mol. The molecule has 0 spiro atoms. The van der Waals surface area contributed by atoms with Gasteiger partial charge < -0.3 is 16.7 Å². The van der Waals surface area contributed by atoms with Gasteiger partial charge in [-0.3, -0.25) is 0 Å². The van der Waals surface area contributed by atoms with E-state index in [4.69, 9.17) is 15.3 Å². The summed E-state index contributed by atoms with van der Waals surface area (Å²) in [6, 6.07) is 2.81. The number of carbonyl (C=O) groups is 3. The first-order valence-electron chi connectivity index (χ1n) is 3.77. The molecule has 0 fully saturated rings. The van der Waals surface area contributed by atoms with Crippen LogP contribution in [0.1, 0.15) is 32.5 Å². The number of hydrogen-bond donors (Lipinski definition) is 3. The molecule has 0 aliphatic carbocycles. The van der Waals surface area contributed by atoms with Crippen LogP contribution in [-0.4, -0.2) is 33.2 Å². The molecule has 80 valence electrons. The van der Waals surface area contributed by atoms with Gasteiger partial charge in [-0.05, 0) is 18.2 Å². The summed E-state index contributed by atoms with van der Waals surface area (Å²) in [5, 5.41) is 25.9. The molecule has 0 radical (unpaired) electrons. The quantitative estimate of drug-likeness (QED) is 0.516. The summed E-state index contributed by atoms with van der Waals surface area (Å²) in [5.74, 6) is -4.20. The van der Waals surface area contributed by atoms with E-state index in [1.807, 2.05) is 0 Å². The zero-order valence-corrected chi connectivity index (χ0v) is 10.3. The molecule has 0 bridgehead atoms. The van der Waals surface area contributed by atoms with E-state index in [1.165, 1.54) is 0 Å². The molecule has 7 heteroatoms. The van der Waals surface area contributed by atoms with E-state index >= 15 is 0 Å². The van der Waals surface area contributed by atoms with Crippen molar-refractivity contribution in [1.82, 2.24) is 0 Å². The van der Waals surface area contributed by atoms with Crippen molar-refractivity contribution < 1.29 is 60.7 Å². The van der Waals surface area contributed by atoms with E-state index in [9.17, 15) is 14.4 Å². The summed E-state index contributed by atoms with van der Waals surface area (Å²) in [6.07, 6.45) is 0. The van der Waals surface area contributed by atoms with Crippen LogP contribution in [-0.2, 0) is 0 Å². The first-order valence-corrected chi connectivity index (χ1v) is 3.77. The molecule has 0 saturated heterocycles. The van der Waals surface area contributed by atoms with Gasteiger partial charge in [-0.2, -0.15) is 0 Å². The van der Waals surface area contributed by atoms with Crippen molar-refractivity contribution in [3.8, 4) is 0 Å². The first kappa shape index (κ1) is 14.6. The summed E-state index contributed by atoms with van der Waals surface area (Å²) >= 11 is 0. The van der Waals surface area contributed by atoms with Gasteiger partial charge in [-0.15, -0.1) is 0 Å². The average molecular weight is 234 g/mol. The molecule has 6 nitrogen and oxygen atoms in total. The number of carboxylic acids is 3. The molecule has 1 rings (SSSR count). The Morgan fingerprint density at radius 3 is 1.75 bits per heavy atom. The number of rotatable bonds is 3. The molecule has 0 aliphatic rings. The summed E-state index contributed by atoms with van der Waals surface area (Å²) in [7, 11) is 0. The minimum absolute atomic E-state index is 0. The number of carboxylic acid groups (broad SMARTS) is 3. The molecule has 0 heterocycles. The molecule has 0 unspecified atom stereocenters. The van der Waals surface area contributed by atoms with Crippen molar-refractivity contribution in [2.45, 2.75) is 0 Å². The zero-order chi connectivity index (χ0) is 11.6. The van der Waals surface area contributed by atoms with Crippen molar-refractivity contribution in [3.05, 3.63) is 34.9 Å². The van der Waals surface area contributed by atoms with Gasteiger partial charge >= 0.3 is 47.5 Å². The summed E-state index contributed by atoms with van der Waals surface area (Å²) < 4.78 is 0. The Balaban J connectivity index is 0. The Morgan fingerprint density at radius 2 is 1.38 bits per heavy atom. The molecule has 0 aliphatic heterocycles. The largest absolute Gasteiger partial charge is 1.00 e. The van der Waals surface area contributed by atoms with E-state index in [-0.39, 0.29) is 36.5 Å². The van der Waals surface area contributed by atoms with Gasteiger partial charge in [0, 0.05) is 0 Å². The van der Waals surface area contributed by atoms with Crippen molar-refractivity contribution in [2.24, 2.45) is 0 Å². The molecular formula is C9H7NaO6. The van der Waals surface area contributed by atoms with Gasteiger partial charge in [-0.25, -0.2) is 14.4 Å². The zero-order valence-electron chi connectivity index (χ0n) is 9.30. The molecule has 0 atom stereocenters. The average Bonchev–Trinajstić information content (AvgIpc) is 2.16. The van der Waals surface area contributed by atoms with E-state index in [0.29, 0.717) is 0 Å². The predicted octanol–water partition coefficient (Wildman–Crippen LogP) is -2.10. The molecule has 0 aromatic heterocycles. The first-order chi connectivity index (χ1) is 6.93. The predicted molar refractivity (Wildman–Crippen MR) is 48.4 cm³/mol. The fourth-order valence-corrected chi connectivity index (χ4v) is 1.04. The Kier molecular flexibility index (Phi) is 5.16. The van der Waals surface area contributed by atoms with Crippen LogP contribution in [0.25, 0.3) is 0 Å². The third-order valence-electron chi connectivity index (χ3n) is 1.73. The summed E-state index contributed by atoms with van der Waals surface area (Å²) in [5.41, 5.74) is -1.24. The molecule has 0 amide bonds. The number of aromatic carboxylic acids is 3. The van der Waals surface area contributed by atoms with Crippen molar-refractivity contribution in [3.63, 3.8) is 0 Å². The topological polar surface area (TPSA) is 112 Å². The van der Waals surface area contributed by atoms with Crippen LogP contribution in [0.3, 0.4) is 0 Å². The van der Waals surface area contributed by atoms with Gasteiger partial charge in [0.25, 0.3) is 0 Å². The second-order valence-corrected chi connectivity index (χ2v) is 2.68.